The predicted octanol–water partition coefficient (Wildman–Crippen LogP) is 0.589. The minimum Gasteiger partial charge on any atom is -0.394 e. The van der Waals surface area contributed by atoms with E-state index in [0.29, 0.717) is 18.1 Å². The van der Waals surface area contributed by atoms with E-state index >= 15 is 0 Å². The van der Waals surface area contributed by atoms with Gasteiger partial charge in [0.1, 0.15) is 0 Å². The Morgan fingerprint density at radius 3 is 2.53 bits per heavy atom. The second-order valence-electron chi connectivity index (χ2n) is 5.61. The first-order valence-corrected chi connectivity index (χ1v) is 6.93. The van der Waals surface area contributed by atoms with Gasteiger partial charge in [-0.2, -0.15) is 0 Å². The fraction of sp³-hybridized carbons (Fsp3) is 1.00. The highest BCUT2D eigenvalue weighted by molar-refractivity contribution is 4.96. The lowest BCUT2D eigenvalue weighted by atomic mass is 9.99. The number of aliphatic hydroxyl groups is 1. The number of ether oxygens (including phenoxy) is 1. The molecule has 0 atom stereocenters. The highest BCUT2D eigenvalue weighted by atomic mass is 16.5. The molecule has 2 aliphatic rings. The Hall–Kier alpha value is -0.160. The number of rotatable bonds is 7. The van der Waals surface area contributed by atoms with Gasteiger partial charge in [-0.1, -0.05) is 0 Å². The van der Waals surface area contributed by atoms with Crippen LogP contribution in [0, 0.1) is 5.41 Å². The number of nitrogens with two attached hydrogens (primary N) is 1. The normalized spacial score (nSPS) is 25.1. The van der Waals surface area contributed by atoms with E-state index in [1.165, 1.54) is 25.8 Å². The SMILES string of the molecule is NCCC1(CN2CCC(OCCO)CC2)CC1. The summed E-state index contributed by atoms with van der Waals surface area (Å²) in [6.45, 7) is 4.97. The highest BCUT2D eigenvalue weighted by Gasteiger charge is 2.43. The van der Waals surface area contributed by atoms with E-state index in [1.807, 2.05) is 0 Å². The second-order valence-corrected chi connectivity index (χ2v) is 5.61. The Labute approximate surface area is 104 Å². The number of hydrogen-bond acceptors (Lipinski definition) is 4. The van der Waals surface area contributed by atoms with Crippen molar-refractivity contribution in [1.29, 1.82) is 0 Å². The second kappa shape index (κ2) is 6.14. The van der Waals surface area contributed by atoms with Gasteiger partial charge in [-0.15, -0.1) is 0 Å². The van der Waals surface area contributed by atoms with Gasteiger partial charge in [0.15, 0.2) is 0 Å². The lowest BCUT2D eigenvalue weighted by Gasteiger charge is -2.34. The van der Waals surface area contributed by atoms with E-state index in [2.05, 4.69) is 4.90 Å². The summed E-state index contributed by atoms with van der Waals surface area (Å²) < 4.78 is 5.58. The van der Waals surface area contributed by atoms with Crippen LogP contribution in [0.3, 0.4) is 0 Å². The van der Waals surface area contributed by atoms with Crippen molar-refractivity contribution in [3.63, 3.8) is 0 Å². The summed E-state index contributed by atoms with van der Waals surface area (Å²) in [6.07, 6.45) is 6.50. The summed E-state index contributed by atoms with van der Waals surface area (Å²) in [6, 6.07) is 0. The molecular formula is C13H26N2O2. The van der Waals surface area contributed by atoms with Gasteiger partial charge in [0.05, 0.1) is 19.3 Å². The van der Waals surface area contributed by atoms with Gasteiger partial charge >= 0.3 is 0 Å². The number of hydrogen-bond donors (Lipinski definition) is 2. The van der Waals surface area contributed by atoms with Crippen LogP contribution in [0.5, 0.6) is 0 Å². The molecule has 0 spiro atoms. The summed E-state index contributed by atoms with van der Waals surface area (Å²) in [5.41, 5.74) is 6.24. The van der Waals surface area contributed by atoms with Gasteiger partial charge in [0.2, 0.25) is 0 Å². The van der Waals surface area contributed by atoms with Crippen LogP contribution < -0.4 is 5.73 Å². The molecular weight excluding hydrogens is 216 g/mol. The number of piperidine rings is 1. The molecule has 0 bridgehead atoms. The van der Waals surface area contributed by atoms with Crippen molar-refractivity contribution < 1.29 is 9.84 Å². The molecule has 0 unspecified atom stereocenters. The maximum absolute atomic E-state index is 8.72. The van der Waals surface area contributed by atoms with Crippen LogP contribution in [0.15, 0.2) is 0 Å². The van der Waals surface area contributed by atoms with Gasteiger partial charge in [-0.3, -0.25) is 0 Å². The summed E-state index contributed by atoms with van der Waals surface area (Å²) in [4.78, 5) is 2.57. The van der Waals surface area contributed by atoms with Crippen molar-refractivity contribution in [2.75, 3.05) is 39.4 Å². The zero-order valence-electron chi connectivity index (χ0n) is 10.7. The summed E-state index contributed by atoms with van der Waals surface area (Å²) >= 11 is 0. The van der Waals surface area contributed by atoms with Crippen LogP contribution in [-0.4, -0.2) is 55.5 Å². The van der Waals surface area contributed by atoms with Gasteiger partial charge in [0, 0.05) is 19.6 Å². The standard InChI is InChI=1S/C13H26N2O2/c14-6-5-13(3-4-13)11-15-7-1-12(2-8-15)17-10-9-16/h12,16H,1-11,14H2. The largest absolute Gasteiger partial charge is 0.394 e. The molecule has 3 N–H and O–H groups in total. The van der Waals surface area contributed by atoms with E-state index < -0.39 is 0 Å². The van der Waals surface area contributed by atoms with Crippen molar-refractivity contribution in [3.05, 3.63) is 0 Å². The number of aliphatic hydroxyl groups excluding tert-OH is 1. The van der Waals surface area contributed by atoms with Crippen LogP contribution in [-0.2, 0) is 4.74 Å². The molecule has 1 aliphatic heterocycles. The summed E-state index contributed by atoms with van der Waals surface area (Å²) in [5, 5.41) is 8.72. The molecule has 100 valence electrons. The fourth-order valence-corrected chi connectivity index (χ4v) is 2.90. The maximum Gasteiger partial charge on any atom is 0.0701 e. The number of likely N-dealkylation sites (tertiary alicyclic amines) is 1. The van der Waals surface area contributed by atoms with Crippen LogP contribution >= 0.6 is 0 Å². The average molecular weight is 242 g/mol. The molecule has 1 saturated heterocycles. The van der Waals surface area contributed by atoms with Crippen molar-refractivity contribution in [2.24, 2.45) is 11.1 Å². The molecule has 2 fully saturated rings. The van der Waals surface area contributed by atoms with Crippen molar-refractivity contribution in [1.82, 2.24) is 4.90 Å². The molecule has 0 aromatic carbocycles. The third-order valence-corrected chi connectivity index (χ3v) is 4.17. The van der Waals surface area contributed by atoms with Crippen LogP contribution in [0.25, 0.3) is 0 Å². The summed E-state index contributed by atoms with van der Waals surface area (Å²) in [7, 11) is 0. The minimum absolute atomic E-state index is 0.139. The first-order chi connectivity index (χ1) is 8.28. The lowest BCUT2D eigenvalue weighted by Crippen LogP contribution is -2.40. The Kier molecular flexibility index (Phi) is 4.79. The molecule has 4 heteroatoms. The Balaban J connectivity index is 1.65. The fourth-order valence-electron chi connectivity index (χ4n) is 2.90. The van der Waals surface area contributed by atoms with Gasteiger partial charge in [0.25, 0.3) is 0 Å². The lowest BCUT2D eigenvalue weighted by molar-refractivity contribution is -0.0109. The van der Waals surface area contributed by atoms with Gasteiger partial charge in [-0.25, -0.2) is 0 Å². The zero-order chi connectivity index (χ0) is 12.1. The smallest absolute Gasteiger partial charge is 0.0701 e. The zero-order valence-corrected chi connectivity index (χ0v) is 10.7. The van der Waals surface area contributed by atoms with Gasteiger partial charge < -0.3 is 20.5 Å². The van der Waals surface area contributed by atoms with E-state index in [4.69, 9.17) is 15.6 Å². The van der Waals surface area contributed by atoms with Crippen molar-refractivity contribution >= 4 is 0 Å². The molecule has 1 heterocycles. The molecule has 1 saturated carbocycles. The molecule has 0 amide bonds. The third-order valence-electron chi connectivity index (χ3n) is 4.17. The van der Waals surface area contributed by atoms with E-state index in [9.17, 15) is 0 Å². The van der Waals surface area contributed by atoms with Crippen molar-refractivity contribution in [3.8, 4) is 0 Å². The third kappa shape index (κ3) is 3.91. The molecule has 1 aliphatic carbocycles. The molecule has 4 nitrogen and oxygen atoms in total. The van der Waals surface area contributed by atoms with E-state index in [-0.39, 0.29) is 6.61 Å². The van der Waals surface area contributed by atoms with Gasteiger partial charge in [-0.05, 0) is 44.1 Å². The van der Waals surface area contributed by atoms with E-state index in [0.717, 1.165) is 32.5 Å². The molecule has 2 rings (SSSR count). The summed E-state index contributed by atoms with van der Waals surface area (Å²) in [5.74, 6) is 0. The van der Waals surface area contributed by atoms with Crippen LogP contribution in [0.2, 0.25) is 0 Å². The molecule has 0 aromatic rings. The first kappa shape index (κ1) is 13.3. The minimum atomic E-state index is 0.139. The topological polar surface area (TPSA) is 58.7 Å². The molecule has 0 aromatic heterocycles. The highest BCUT2D eigenvalue weighted by Crippen LogP contribution is 2.49. The average Bonchev–Trinajstić information content (AvgIpc) is 3.09. The van der Waals surface area contributed by atoms with Crippen LogP contribution in [0.4, 0.5) is 0 Å². The van der Waals surface area contributed by atoms with Crippen LogP contribution in [0.1, 0.15) is 32.1 Å². The predicted molar refractivity (Wildman–Crippen MR) is 67.8 cm³/mol. The molecule has 0 radical (unpaired) electrons. The monoisotopic (exact) mass is 242 g/mol. The Morgan fingerprint density at radius 1 is 1.29 bits per heavy atom. The quantitative estimate of drug-likeness (QED) is 0.686. The Bertz CT molecular complexity index is 223. The van der Waals surface area contributed by atoms with E-state index in [1.54, 1.807) is 0 Å². The first-order valence-electron chi connectivity index (χ1n) is 6.93. The van der Waals surface area contributed by atoms with Crippen molar-refractivity contribution in [2.45, 2.75) is 38.2 Å². The number of nitrogens with zero attached hydrogens (tertiary/aromatic N) is 1. The molecule has 17 heavy (non-hydrogen) atoms. The Morgan fingerprint density at radius 2 is 2.00 bits per heavy atom. The maximum atomic E-state index is 8.72.